The second-order valence-electron chi connectivity index (χ2n) is 5.15. The van der Waals surface area contributed by atoms with E-state index in [0.29, 0.717) is 12.0 Å². The van der Waals surface area contributed by atoms with Crippen LogP contribution in [-0.2, 0) is 9.84 Å². The van der Waals surface area contributed by atoms with Crippen molar-refractivity contribution in [2.45, 2.75) is 37.0 Å². The lowest BCUT2D eigenvalue weighted by molar-refractivity contribution is 0.0701. The summed E-state index contributed by atoms with van der Waals surface area (Å²) in [7, 11) is -1.40. The number of amides is 1. The molecule has 0 unspecified atom stereocenters. The lowest BCUT2D eigenvalue weighted by Crippen LogP contribution is -2.49. The Labute approximate surface area is 118 Å². The average molecular weight is 301 g/mol. The zero-order chi connectivity index (χ0) is 14.0. The molecule has 1 heterocycles. The minimum absolute atomic E-state index is 0.0817. The third kappa shape index (κ3) is 3.17. The molecule has 1 aromatic rings. The fourth-order valence-corrected chi connectivity index (χ4v) is 4.87. The second-order valence-corrected chi connectivity index (χ2v) is 8.19. The molecule has 0 bridgehead atoms. The second kappa shape index (κ2) is 5.63. The molecule has 6 heteroatoms. The highest BCUT2D eigenvalue weighted by molar-refractivity contribution is 7.91. The molecule has 0 aliphatic heterocycles. The van der Waals surface area contributed by atoms with Gasteiger partial charge >= 0.3 is 0 Å². The van der Waals surface area contributed by atoms with Gasteiger partial charge in [0.2, 0.25) is 0 Å². The number of rotatable bonds is 3. The SMILES string of the molecule is CN(C(=O)c1ccsc1)[C@@H]1CCCC[C@H]1S(C)(=O)=O. The predicted molar refractivity (Wildman–Crippen MR) is 77.3 cm³/mol. The molecule has 19 heavy (non-hydrogen) atoms. The summed E-state index contributed by atoms with van der Waals surface area (Å²) in [4.78, 5) is 13.9. The molecule has 1 amide bonds. The number of hydrogen-bond acceptors (Lipinski definition) is 4. The summed E-state index contributed by atoms with van der Waals surface area (Å²) in [6.45, 7) is 0. The van der Waals surface area contributed by atoms with Gasteiger partial charge < -0.3 is 4.90 Å². The number of thiophene rings is 1. The van der Waals surface area contributed by atoms with E-state index in [2.05, 4.69) is 0 Å². The first-order chi connectivity index (χ1) is 8.91. The van der Waals surface area contributed by atoms with Gasteiger partial charge in [-0.1, -0.05) is 12.8 Å². The summed E-state index contributed by atoms with van der Waals surface area (Å²) in [5, 5.41) is 3.24. The van der Waals surface area contributed by atoms with Gasteiger partial charge in [0.1, 0.15) is 0 Å². The van der Waals surface area contributed by atoms with Crippen molar-refractivity contribution in [3.8, 4) is 0 Å². The third-order valence-electron chi connectivity index (χ3n) is 3.80. The van der Waals surface area contributed by atoms with Crippen LogP contribution in [0.15, 0.2) is 16.8 Å². The van der Waals surface area contributed by atoms with Crippen LogP contribution in [0.4, 0.5) is 0 Å². The molecule has 0 spiro atoms. The van der Waals surface area contributed by atoms with Gasteiger partial charge in [-0.3, -0.25) is 4.79 Å². The standard InChI is InChI=1S/C13H19NO3S2/c1-14(13(15)10-7-8-18-9-10)11-5-3-4-6-12(11)19(2,16)17/h7-9,11-12H,3-6H2,1-2H3/t11-,12-/m1/s1. The van der Waals surface area contributed by atoms with Gasteiger partial charge in [0, 0.05) is 24.7 Å². The van der Waals surface area contributed by atoms with Crippen LogP contribution in [-0.4, -0.2) is 43.8 Å². The van der Waals surface area contributed by atoms with Gasteiger partial charge in [0.05, 0.1) is 10.8 Å². The summed E-state index contributed by atoms with van der Waals surface area (Å²) in [5.74, 6) is -0.0817. The molecule has 0 N–H and O–H groups in total. The van der Waals surface area contributed by atoms with Crippen LogP contribution < -0.4 is 0 Å². The fraction of sp³-hybridized carbons (Fsp3) is 0.615. The molecular formula is C13H19NO3S2. The molecular weight excluding hydrogens is 282 g/mol. The van der Waals surface area contributed by atoms with Crippen molar-refractivity contribution < 1.29 is 13.2 Å². The molecule has 2 rings (SSSR count). The van der Waals surface area contributed by atoms with E-state index >= 15 is 0 Å². The van der Waals surface area contributed by atoms with E-state index < -0.39 is 15.1 Å². The highest BCUT2D eigenvalue weighted by Crippen LogP contribution is 2.28. The first kappa shape index (κ1) is 14.5. The van der Waals surface area contributed by atoms with Crippen molar-refractivity contribution in [1.29, 1.82) is 0 Å². The van der Waals surface area contributed by atoms with Crippen molar-refractivity contribution in [1.82, 2.24) is 4.90 Å². The number of sulfone groups is 1. The Morgan fingerprint density at radius 1 is 1.37 bits per heavy atom. The number of carbonyl (C=O) groups is 1. The molecule has 1 saturated carbocycles. The molecule has 1 fully saturated rings. The minimum Gasteiger partial charge on any atom is -0.337 e. The minimum atomic E-state index is -3.11. The van der Waals surface area contributed by atoms with Crippen molar-refractivity contribution in [3.05, 3.63) is 22.4 Å². The van der Waals surface area contributed by atoms with E-state index in [0.717, 1.165) is 19.3 Å². The number of carbonyl (C=O) groups excluding carboxylic acids is 1. The first-order valence-corrected chi connectivity index (χ1v) is 9.29. The molecule has 2 atom stereocenters. The topological polar surface area (TPSA) is 54.5 Å². The maximum absolute atomic E-state index is 12.3. The Hall–Kier alpha value is -0.880. The Morgan fingerprint density at radius 3 is 2.63 bits per heavy atom. The molecule has 106 valence electrons. The maximum Gasteiger partial charge on any atom is 0.254 e. The van der Waals surface area contributed by atoms with Gasteiger partial charge in [-0.15, -0.1) is 0 Å². The summed E-state index contributed by atoms with van der Waals surface area (Å²) >= 11 is 1.47. The largest absolute Gasteiger partial charge is 0.337 e. The molecule has 1 aliphatic carbocycles. The van der Waals surface area contributed by atoms with Crippen LogP contribution in [0.25, 0.3) is 0 Å². The van der Waals surface area contributed by atoms with E-state index in [1.807, 2.05) is 5.38 Å². The molecule has 0 radical (unpaired) electrons. The molecule has 4 nitrogen and oxygen atoms in total. The average Bonchev–Trinajstić information content (AvgIpc) is 2.90. The molecule has 1 aromatic heterocycles. The van der Waals surface area contributed by atoms with Crippen molar-refractivity contribution in [2.24, 2.45) is 0 Å². The van der Waals surface area contributed by atoms with E-state index in [4.69, 9.17) is 0 Å². The summed E-state index contributed by atoms with van der Waals surface area (Å²) in [6, 6.07) is 1.58. The smallest absolute Gasteiger partial charge is 0.254 e. The zero-order valence-electron chi connectivity index (χ0n) is 11.2. The molecule has 1 aliphatic rings. The van der Waals surface area contributed by atoms with Crippen LogP contribution >= 0.6 is 11.3 Å². The fourth-order valence-electron chi connectivity index (χ4n) is 2.76. The van der Waals surface area contributed by atoms with E-state index in [1.54, 1.807) is 23.4 Å². The third-order valence-corrected chi connectivity index (χ3v) is 6.14. The summed E-state index contributed by atoms with van der Waals surface area (Å²) in [6.07, 6.45) is 4.61. The Morgan fingerprint density at radius 2 is 2.05 bits per heavy atom. The Kier molecular flexibility index (Phi) is 4.30. The van der Waals surface area contributed by atoms with Crippen LogP contribution in [0.1, 0.15) is 36.0 Å². The summed E-state index contributed by atoms with van der Waals surface area (Å²) in [5.41, 5.74) is 0.644. The first-order valence-electron chi connectivity index (χ1n) is 6.39. The van der Waals surface area contributed by atoms with Gasteiger partial charge in [0.25, 0.3) is 5.91 Å². The highest BCUT2D eigenvalue weighted by atomic mass is 32.2. The monoisotopic (exact) mass is 301 g/mol. The lowest BCUT2D eigenvalue weighted by Gasteiger charge is -2.36. The van der Waals surface area contributed by atoms with Crippen LogP contribution in [0.2, 0.25) is 0 Å². The number of hydrogen-bond donors (Lipinski definition) is 0. The lowest BCUT2D eigenvalue weighted by atomic mass is 9.93. The quantitative estimate of drug-likeness (QED) is 0.860. The molecule has 0 saturated heterocycles. The van der Waals surface area contributed by atoms with Crippen molar-refractivity contribution in [3.63, 3.8) is 0 Å². The Bertz CT molecular complexity index is 536. The van der Waals surface area contributed by atoms with Gasteiger partial charge in [0.15, 0.2) is 9.84 Å². The van der Waals surface area contributed by atoms with E-state index in [-0.39, 0.29) is 11.9 Å². The molecule has 0 aromatic carbocycles. The van der Waals surface area contributed by atoms with Crippen molar-refractivity contribution >= 4 is 27.1 Å². The zero-order valence-corrected chi connectivity index (χ0v) is 12.8. The maximum atomic E-state index is 12.3. The predicted octanol–water partition coefficient (Wildman–Crippen LogP) is 2.18. The van der Waals surface area contributed by atoms with E-state index in [1.165, 1.54) is 17.6 Å². The van der Waals surface area contributed by atoms with Gasteiger partial charge in [-0.2, -0.15) is 11.3 Å². The van der Waals surface area contributed by atoms with Gasteiger partial charge in [-0.05, 0) is 24.3 Å². The number of nitrogens with zero attached hydrogens (tertiary/aromatic N) is 1. The van der Waals surface area contributed by atoms with Crippen LogP contribution in [0.3, 0.4) is 0 Å². The van der Waals surface area contributed by atoms with E-state index in [9.17, 15) is 13.2 Å². The van der Waals surface area contributed by atoms with Gasteiger partial charge in [-0.25, -0.2) is 8.42 Å². The Balaban J connectivity index is 2.21. The van der Waals surface area contributed by atoms with Crippen LogP contribution in [0, 0.1) is 0 Å². The van der Waals surface area contributed by atoms with Crippen molar-refractivity contribution in [2.75, 3.05) is 13.3 Å². The normalized spacial score (nSPS) is 24.1. The van der Waals surface area contributed by atoms with Crippen LogP contribution in [0.5, 0.6) is 0 Å². The highest BCUT2D eigenvalue weighted by Gasteiger charge is 2.37. The summed E-state index contributed by atoms with van der Waals surface area (Å²) < 4.78 is 23.7.